The second kappa shape index (κ2) is 10.1. The fraction of sp³-hybridized carbons (Fsp3) is 0.208. The summed E-state index contributed by atoms with van der Waals surface area (Å²) < 4.78 is 5.35. The van der Waals surface area contributed by atoms with E-state index in [4.69, 9.17) is 4.74 Å². The average Bonchev–Trinajstić information content (AvgIpc) is 2.77. The minimum Gasteiger partial charge on any atom is -0.449 e. The van der Waals surface area contributed by atoms with Crippen molar-refractivity contribution < 1.29 is 9.53 Å². The number of hydrogen-bond acceptors (Lipinski definition) is 2. The zero-order chi connectivity index (χ0) is 19.7. The van der Waals surface area contributed by atoms with Gasteiger partial charge in [-0.15, -0.1) is 0 Å². The topological polar surface area (TPSA) is 38.3 Å². The van der Waals surface area contributed by atoms with Crippen molar-refractivity contribution in [3.05, 3.63) is 91.0 Å². The van der Waals surface area contributed by atoms with Gasteiger partial charge in [-0.25, -0.2) is 4.79 Å². The molecule has 0 saturated heterocycles. The van der Waals surface area contributed by atoms with Crippen LogP contribution in [0.15, 0.2) is 91.0 Å². The van der Waals surface area contributed by atoms with Gasteiger partial charge in [0.25, 0.3) is 0 Å². The van der Waals surface area contributed by atoms with E-state index >= 15 is 0 Å². The van der Waals surface area contributed by atoms with E-state index in [2.05, 4.69) is 85.0 Å². The van der Waals surface area contributed by atoms with Crippen LogP contribution < -0.4 is 21.2 Å². The molecule has 0 fully saturated rings. The number of amides is 1. The molecule has 0 unspecified atom stereocenters. The monoisotopic (exact) mass is 392 g/mol. The van der Waals surface area contributed by atoms with Gasteiger partial charge >= 0.3 is 6.09 Å². The average molecular weight is 392 g/mol. The number of nitrogens with one attached hydrogen (secondary N) is 1. The Morgan fingerprint density at radius 3 is 1.61 bits per heavy atom. The lowest BCUT2D eigenvalue weighted by atomic mass is 10.4. The Morgan fingerprint density at radius 1 is 0.786 bits per heavy atom. The molecular formula is C24H27NO2P+. The predicted molar refractivity (Wildman–Crippen MR) is 119 cm³/mol. The number of unbranched alkanes of at least 4 members (excludes halogenated alkanes) is 1. The van der Waals surface area contributed by atoms with Gasteiger partial charge in [0.2, 0.25) is 0 Å². The minimum absolute atomic E-state index is 0.347. The van der Waals surface area contributed by atoms with Crippen molar-refractivity contribution in [2.75, 3.05) is 12.9 Å². The van der Waals surface area contributed by atoms with Gasteiger partial charge in [0.15, 0.2) is 0 Å². The highest BCUT2D eigenvalue weighted by atomic mass is 31.2. The molecule has 0 heterocycles. The molecule has 3 aromatic carbocycles. The number of alkyl carbamates (subject to hydrolysis) is 1. The smallest absolute Gasteiger partial charge is 0.409 e. The molecule has 0 aliphatic carbocycles. The van der Waals surface area contributed by atoms with Crippen LogP contribution in [0, 0.1) is 0 Å². The summed E-state index contributed by atoms with van der Waals surface area (Å²) in [5.41, 5.74) is 0. The third-order valence-corrected chi connectivity index (χ3v) is 8.95. The number of ether oxygens (including phenoxy) is 1. The molecule has 1 N–H and O–H groups in total. The Morgan fingerprint density at radius 2 is 1.21 bits per heavy atom. The normalized spacial score (nSPS) is 11.0. The molecule has 0 bridgehead atoms. The van der Waals surface area contributed by atoms with E-state index in [-0.39, 0.29) is 6.09 Å². The SMILES string of the molecule is CCCCOC(=O)NC[P+](c1ccccc1)(c1ccccc1)c1ccccc1. The molecule has 3 nitrogen and oxygen atoms in total. The Kier molecular flexibility index (Phi) is 7.22. The first kappa shape index (κ1) is 20.1. The molecule has 0 aliphatic heterocycles. The number of rotatable bonds is 8. The molecule has 0 spiro atoms. The zero-order valence-corrected chi connectivity index (χ0v) is 17.1. The first-order chi connectivity index (χ1) is 13.8. The van der Waals surface area contributed by atoms with Gasteiger partial charge in [0.1, 0.15) is 29.5 Å². The fourth-order valence-corrected chi connectivity index (χ4v) is 7.16. The molecule has 0 saturated carbocycles. The lowest BCUT2D eigenvalue weighted by Crippen LogP contribution is -2.40. The van der Waals surface area contributed by atoms with Crippen molar-refractivity contribution >= 4 is 29.3 Å². The van der Waals surface area contributed by atoms with E-state index in [9.17, 15) is 4.79 Å². The van der Waals surface area contributed by atoms with Gasteiger partial charge in [-0.3, -0.25) is 5.32 Å². The van der Waals surface area contributed by atoms with Crippen molar-refractivity contribution in [3.8, 4) is 0 Å². The molecule has 28 heavy (non-hydrogen) atoms. The fourth-order valence-electron chi connectivity index (χ4n) is 3.31. The molecule has 0 aliphatic rings. The van der Waals surface area contributed by atoms with Crippen LogP contribution in [0.25, 0.3) is 0 Å². The Labute approximate surface area is 168 Å². The summed E-state index contributed by atoms with van der Waals surface area (Å²) in [5.74, 6) is 0. The first-order valence-electron chi connectivity index (χ1n) is 9.73. The molecule has 0 aromatic heterocycles. The van der Waals surface area contributed by atoms with Crippen LogP contribution >= 0.6 is 7.26 Å². The summed E-state index contributed by atoms with van der Waals surface area (Å²) in [6, 6.07) is 31.5. The third-order valence-electron chi connectivity index (χ3n) is 4.78. The molecular weight excluding hydrogens is 365 g/mol. The first-order valence-corrected chi connectivity index (χ1v) is 11.7. The van der Waals surface area contributed by atoms with Gasteiger partial charge in [0.05, 0.1) is 6.61 Å². The number of carbonyl (C=O) groups is 1. The van der Waals surface area contributed by atoms with E-state index < -0.39 is 7.26 Å². The Hall–Kier alpha value is -2.64. The summed E-state index contributed by atoms with van der Waals surface area (Å²) in [4.78, 5) is 12.3. The number of carbonyl (C=O) groups excluding carboxylic acids is 1. The molecule has 1 amide bonds. The molecule has 0 radical (unpaired) electrons. The van der Waals surface area contributed by atoms with Crippen molar-refractivity contribution in [3.63, 3.8) is 0 Å². The maximum absolute atomic E-state index is 12.3. The third kappa shape index (κ3) is 4.61. The van der Waals surface area contributed by atoms with Crippen LogP contribution in [0.4, 0.5) is 4.79 Å². The Bertz CT molecular complexity index is 757. The molecule has 3 aromatic rings. The quantitative estimate of drug-likeness (QED) is 0.454. The van der Waals surface area contributed by atoms with Crippen LogP contribution in [0.1, 0.15) is 19.8 Å². The van der Waals surface area contributed by atoms with Crippen LogP contribution in [0.5, 0.6) is 0 Å². The number of hydrogen-bond donors (Lipinski definition) is 1. The summed E-state index contributed by atoms with van der Waals surface area (Å²) in [6.07, 6.45) is 2.06. The van der Waals surface area contributed by atoms with Crippen LogP contribution in [0.2, 0.25) is 0 Å². The van der Waals surface area contributed by atoms with E-state index in [1.54, 1.807) is 0 Å². The van der Waals surface area contributed by atoms with E-state index in [1.807, 2.05) is 18.2 Å². The zero-order valence-electron chi connectivity index (χ0n) is 16.3. The Balaban J connectivity index is 2.03. The summed E-state index contributed by atoms with van der Waals surface area (Å²) in [6.45, 7) is 2.54. The highest BCUT2D eigenvalue weighted by molar-refractivity contribution is 7.95. The molecule has 4 heteroatoms. The lowest BCUT2D eigenvalue weighted by molar-refractivity contribution is 0.146. The minimum atomic E-state index is -2.06. The van der Waals surface area contributed by atoms with Gasteiger partial charge in [-0.2, -0.15) is 0 Å². The van der Waals surface area contributed by atoms with Gasteiger partial charge < -0.3 is 4.74 Å². The van der Waals surface area contributed by atoms with Crippen LogP contribution in [0.3, 0.4) is 0 Å². The van der Waals surface area contributed by atoms with Crippen LogP contribution in [-0.4, -0.2) is 19.0 Å². The maximum atomic E-state index is 12.3. The van der Waals surface area contributed by atoms with Gasteiger partial charge in [0, 0.05) is 0 Å². The van der Waals surface area contributed by atoms with Gasteiger partial charge in [-0.1, -0.05) is 67.9 Å². The second-order valence-electron chi connectivity index (χ2n) is 6.64. The van der Waals surface area contributed by atoms with Crippen molar-refractivity contribution in [1.82, 2.24) is 5.32 Å². The lowest BCUT2D eigenvalue weighted by Gasteiger charge is -2.27. The standard InChI is InChI=1S/C24H26NO2P/c1-2-3-19-27-24(26)25-20-28(21-13-7-4-8-14-21,22-15-9-5-10-16-22)23-17-11-6-12-18-23/h4-18H,2-3,19-20H2,1H3/p+1. The molecule has 144 valence electrons. The van der Waals surface area contributed by atoms with E-state index in [0.29, 0.717) is 12.9 Å². The molecule has 3 rings (SSSR count). The van der Waals surface area contributed by atoms with E-state index in [0.717, 1.165) is 12.8 Å². The van der Waals surface area contributed by atoms with Crippen LogP contribution in [-0.2, 0) is 4.74 Å². The van der Waals surface area contributed by atoms with Crippen molar-refractivity contribution in [2.45, 2.75) is 19.8 Å². The number of benzene rings is 3. The highest BCUT2D eigenvalue weighted by Crippen LogP contribution is 2.54. The van der Waals surface area contributed by atoms with E-state index in [1.165, 1.54) is 15.9 Å². The molecule has 0 atom stereocenters. The summed E-state index contributed by atoms with van der Waals surface area (Å²) in [5, 5.41) is 6.78. The van der Waals surface area contributed by atoms with Crippen molar-refractivity contribution in [2.24, 2.45) is 0 Å². The predicted octanol–water partition coefficient (Wildman–Crippen LogP) is 4.46. The van der Waals surface area contributed by atoms with Crippen molar-refractivity contribution in [1.29, 1.82) is 0 Å². The summed E-state index contributed by atoms with van der Waals surface area (Å²) >= 11 is 0. The largest absolute Gasteiger partial charge is 0.449 e. The second-order valence-corrected chi connectivity index (χ2v) is 10.1. The highest BCUT2D eigenvalue weighted by Gasteiger charge is 2.45. The summed E-state index contributed by atoms with van der Waals surface area (Å²) in [7, 11) is -2.06. The maximum Gasteiger partial charge on any atom is 0.409 e. The van der Waals surface area contributed by atoms with Gasteiger partial charge in [-0.05, 0) is 42.8 Å².